The maximum absolute atomic E-state index is 12.3. The molecule has 0 aromatic heterocycles. The summed E-state index contributed by atoms with van der Waals surface area (Å²) in [6.07, 6.45) is 0.967. The molecule has 2 rings (SSSR count). The molecule has 1 unspecified atom stereocenters. The van der Waals surface area contributed by atoms with Gasteiger partial charge in [0.2, 0.25) is 5.91 Å². The molecule has 0 saturated carbocycles. The van der Waals surface area contributed by atoms with E-state index in [-0.39, 0.29) is 11.8 Å². The Kier molecular flexibility index (Phi) is 4.25. The first-order chi connectivity index (χ1) is 9.00. The van der Waals surface area contributed by atoms with Gasteiger partial charge in [0.05, 0.1) is 5.92 Å². The highest BCUT2D eigenvalue weighted by atomic mass is 16.2. The van der Waals surface area contributed by atoms with Gasteiger partial charge >= 0.3 is 0 Å². The summed E-state index contributed by atoms with van der Waals surface area (Å²) in [6.45, 7) is 8.93. The lowest BCUT2D eigenvalue weighted by atomic mass is 9.98. The highest BCUT2D eigenvalue weighted by Gasteiger charge is 2.25. The van der Waals surface area contributed by atoms with Crippen LogP contribution >= 0.6 is 0 Å². The molecule has 1 heterocycles. The Balaban J connectivity index is 2.08. The van der Waals surface area contributed by atoms with E-state index < -0.39 is 0 Å². The highest BCUT2D eigenvalue weighted by Crippen LogP contribution is 2.19. The Hall–Kier alpha value is -1.35. The van der Waals surface area contributed by atoms with Gasteiger partial charge in [0.25, 0.3) is 0 Å². The maximum atomic E-state index is 12.3. The highest BCUT2D eigenvalue weighted by molar-refractivity contribution is 5.79. The van der Waals surface area contributed by atoms with Crippen LogP contribution in [0.3, 0.4) is 0 Å². The van der Waals surface area contributed by atoms with Crippen LogP contribution in [0.5, 0.6) is 0 Å². The van der Waals surface area contributed by atoms with E-state index in [1.807, 2.05) is 11.9 Å². The van der Waals surface area contributed by atoms with Gasteiger partial charge in [-0.15, -0.1) is 0 Å². The van der Waals surface area contributed by atoms with Crippen LogP contribution in [0.15, 0.2) is 12.1 Å². The van der Waals surface area contributed by atoms with Crippen molar-refractivity contribution < 1.29 is 4.79 Å². The van der Waals surface area contributed by atoms with Crippen LogP contribution in [0.2, 0.25) is 0 Å². The minimum Gasteiger partial charge on any atom is -0.341 e. The van der Waals surface area contributed by atoms with Gasteiger partial charge in [-0.25, -0.2) is 0 Å². The largest absolute Gasteiger partial charge is 0.341 e. The van der Waals surface area contributed by atoms with Gasteiger partial charge in [0.1, 0.15) is 0 Å². The molecule has 1 N–H and O–H groups in total. The Morgan fingerprint density at radius 3 is 2.68 bits per heavy atom. The average molecular weight is 260 g/mol. The summed E-state index contributed by atoms with van der Waals surface area (Å²) >= 11 is 0. The number of amides is 1. The third kappa shape index (κ3) is 2.98. The van der Waals surface area contributed by atoms with Crippen LogP contribution in [0.1, 0.15) is 28.7 Å². The summed E-state index contributed by atoms with van der Waals surface area (Å²) in [5.74, 6) is 0.430. The van der Waals surface area contributed by atoms with E-state index >= 15 is 0 Å². The number of nitrogens with zero attached hydrogens (tertiary/aromatic N) is 1. The SMILES string of the molecule is Cc1ccc(CN(C)C(=O)C2CCNC2)c(C)c1C. The Bertz CT molecular complexity index is 476. The molecule has 1 saturated heterocycles. The van der Waals surface area contributed by atoms with E-state index in [1.54, 1.807) is 0 Å². The molecule has 0 aliphatic carbocycles. The standard InChI is InChI=1S/C16H24N2O/c1-11-5-6-15(13(3)12(11)2)10-18(4)16(19)14-7-8-17-9-14/h5-6,14,17H,7-10H2,1-4H3. The molecule has 1 fully saturated rings. The topological polar surface area (TPSA) is 32.3 Å². The average Bonchev–Trinajstić information content (AvgIpc) is 2.92. The molecule has 0 bridgehead atoms. The molecule has 1 aromatic rings. The molecular weight excluding hydrogens is 236 g/mol. The summed E-state index contributed by atoms with van der Waals surface area (Å²) in [5, 5.41) is 3.25. The van der Waals surface area contributed by atoms with Crippen LogP contribution in [0.25, 0.3) is 0 Å². The van der Waals surface area contributed by atoms with E-state index in [4.69, 9.17) is 0 Å². The second-order valence-electron chi connectivity index (χ2n) is 5.68. The lowest BCUT2D eigenvalue weighted by Crippen LogP contribution is -2.33. The molecule has 104 valence electrons. The van der Waals surface area contributed by atoms with Gasteiger partial charge in [0, 0.05) is 20.1 Å². The maximum Gasteiger partial charge on any atom is 0.227 e. The van der Waals surface area contributed by atoms with Gasteiger partial charge in [-0.2, -0.15) is 0 Å². The number of aryl methyl sites for hydroxylation is 1. The zero-order valence-electron chi connectivity index (χ0n) is 12.4. The van der Waals surface area contributed by atoms with Crippen LogP contribution < -0.4 is 5.32 Å². The molecule has 0 spiro atoms. The quantitative estimate of drug-likeness (QED) is 0.903. The van der Waals surface area contributed by atoms with Crippen LogP contribution in [0.4, 0.5) is 0 Å². The van der Waals surface area contributed by atoms with Gasteiger partial charge in [-0.05, 0) is 56.0 Å². The Morgan fingerprint density at radius 2 is 2.05 bits per heavy atom. The number of carbonyl (C=O) groups is 1. The normalized spacial score (nSPS) is 18.6. The van der Waals surface area contributed by atoms with Crippen LogP contribution in [-0.2, 0) is 11.3 Å². The van der Waals surface area contributed by atoms with Crippen molar-refractivity contribution in [3.05, 3.63) is 34.4 Å². The summed E-state index contributed by atoms with van der Waals surface area (Å²) < 4.78 is 0. The number of benzene rings is 1. The van der Waals surface area contributed by atoms with Crippen molar-refractivity contribution in [3.8, 4) is 0 Å². The van der Waals surface area contributed by atoms with Gasteiger partial charge in [-0.3, -0.25) is 4.79 Å². The molecule has 0 radical (unpaired) electrons. The first kappa shape index (κ1) is 14.1. The van der Waals surface area contributed by atoms with E-state index in [2.05, 4.69) is 38.2 Å². The number of hydrogen-bond acceptors (Lipinski definition) is 2. The summed E-state index contributed by atoms with van der Waals surface area (Å²) in [6, 6.07) is 4.29. The molecule has 1 aliphatic rings. The smallest absolute Gasteiger partial charge is 0.227 e. The third-order valence-corrected chi connectivity index (χ3v) is 4.36. The zero-order valence-corrected chi connectivity index (χ0v) is 12.4. The van der Waals surface area contributed by atoms with Gasteiger partial charge in [-0.1, -0.05) is 12.1 Å². The molecule has 1 amide bonds. The van der Waals surface area contributed by atoms with Crippen molar-refractivity contribution in [2.24, 2.45) is 5.92 Å². The molecular formula is C16H24N2O. The predicted molar refractivity (Wildman–Crippen MR) is 78.1 cm³/mol. The lowest BCUT2D eigenvalue weighted by molar-refractivity contribution is -0.134. The molecule has 3 heteroatoms. The van der Waals surface area contributed by atoms with E-state index in [0.29, 0.717) is 6.54 Å². The number of nitrogens with one attached hydrogen (secondary N) is 1. The van der Waals surface area contributed by atoms with Crippen molar-refractivity contribution in [3.63, 3.8) is 0 Å². The van der Waals surface area contributed by atoms with Crippen molar-refractivity contribution in [2.75, 3.05) is 20.1 Å². The van der Waals surface area contributed by atoms with Crippen molar-refractivity contribution in [1.29, 1.82) is 0 Å². The van der Waals surface area contributed by atoms with Crippen molar-refractivity contribution >= 4 is 5.91 Å². The molecule has 3 nitrogen and oxygen atoms in total. The minimum absolute atomic E-state index is 0.164. The van der Waals surface area contributed by atoms with E-state index in [9.17, 15) is 4.79 Å². The molecule has 1 aromatic carbocycles. The fourth-order valence-corrected chi connectivity index (χ4v) is 2.69. The van der Waals surface area contributed by atoms with E-state index in [1.165, 1.54) is 22.3 Å². The summed E-state index contributed by atoms with van der Waals surface area (Å²) in [4.78, 5) is 14.2. The fourth-order valence-electron chi connectivity index (χ4n) is 2.69. The first-order valence-electron chi connectivity index (χ1n) is 7.02. The van der Waals surface area contributed by atoms with Crippen LogP contribution in [0, 0.1) is 26.7 Å². The Labute approximate surface area is 116 Å². The number of rotatable bonds is 3. The lowest BCUT2D eigenvalue weighted by Gasteiger charge is -2.22. The summed E-state index contributed by atoms with van der Waals surface area (Å²) in [7, 11) is 1.91. The van der Waals surface area contributed by atoms with Crippen molar-refractivity contribution in [2.45, 2.75) is 33.7 Å². The molecule has 1 aliphatic heterocycles. The molecule has 1 atom stereocenters. The fraction of sp³-hybridized carbons (Fsp3) is 0.562. The first-order valence-corrected chi connectivity index (χ1v) is 7.02. The monoisotopic (exact) mass is 260 g/mol. The van der Waals surface area contributed by atoms with Crippen LogP contribution in [-0.4, -0.2) is 30.9 Å². The summed E-state index contributed by atoms with van der Waals surface area (Å²) in [5.41, 5.74) is 5.21. The van der Waals surface area contributed by atoms with Gasteiger partial charge in [0.15, 0.2) is 0 Å². The number of hydrogen-bond donors (Lipinski definition) is 1. The predicted octanol–water partition coefficient (Wildman–Crippen LogP) is 2.18. The third-order valence-electron chi connectivity index (χ3n) is 4.36. The molecule has 19 heavy (non-hydrogen) atoms. The zero-order chi connectivity index (χ0) is 14.0. The minimum atomic E-state index is 0.164. The second kappa shape index (κ2) is 5.74. The second-order valence-corrected chi connectivity index (χ2v) is 5.68. The number of carbonyl (C=O) groups excluding carboxylic acids is 1. The van der Waals surface area contributed by atoms with E-state index in [0.717, 1.165) is 19.5 Å². The van der Waals surface area contributed by atoms with Gasteiger partial charge < -0.3 is 10.2 Å². The Morgan fingerprint density at radius 1 is 1.32 bits per heavy atom. The van der Waals surface area contributed by atoms with Crippen molar-refractivity contribution in [1.82, 2.24) is 10.2 Å².